The fraction of sp³-hybridized carbons (Fsp3) is 0.200. The lowest BCUT2D eigenvalue weighted by molar-refractivity contribution is 0.216. The number of para-hydroxylation sites is 2. The van der Waals surface area contributed by atoms with Crippen molar-refractivity contribution in [1.29, 1.82) is 0 Å². The molecule has 0 aliphatic heterocycles. The van der Waals surface area contributed by atoms with E-state index in [9.17, 15) is 0 Å². The van der Waals surface area contributed by atoms with Gasteiger partial charge in [-0.15, -0.1) is 0 Å². The second kappa shape index (κ2) is 7.02. The summed E-state index contributed by atoms with van der Waals surface area (Å²) in [5.41, 5.74) is 6.62. The van der Waals surface area contributed by atoms with Gasteiger partial charge in [0.25, 0.3) is 0 Å². The maximum absolute atomic E-state index is 5.99. The van der Waals surface area contributed by atoms with Gasteiger partial charge in [0.05, 0.1) is 5.02 Å². The molecule has 2 N–H and O–H groups in total. The molecule has 0 spiro atoms. The summed E-state index contributed by atoms with van der Waals surface area (Å²) in [6.07, 6.45) is 0. The fourth-order valence-electron chi connectivity index (χ4n) is 1.68. The van der Waals surface area contributed by atoms with Gasteiger partial charge in [0.15, 0.2) is 0 Å². The Balaban J connectivity index is 1.83. The van der Waals surface area contributed by atoms with Crippen LogP contribution in [0.5, 0.6) is 11.5 Å². The highest BCUT2D eigenvalue weighted by molar-refractivity contribution is 6.32. The molecule has 0 atom stereocenters. The summed E-state index contributed by atoms with van der Waals surface area (Å²) in [6, 6.07) is 15.1. The largest absolute Gasteiger partial charge is 0.490 e. The molecule has 0 radical (unpaired) electrons. The molecule has 2 aromatic carbocycles. The Kier molecular flexibility index (Phi) is 5.07. The second-order valence-corrected chi connectivity index (χ2v) is 4.35. The summed E-state index contributed by atoms with van der Waals surface area (Å²) >= 11 is 5.99. The first-order chi connectivity index (χ1) is 9.31. The van der Waals surface area contributed by atoms with E-state index in [1.165, 1.54) is 0 Å². The molecule has 2 rings (SSSR count). The predicted molar refractivity (Wildman–Crippen MR) is 76.8 cm³/mol. The quantitative estimate of drug-likeness (QED) is 0.825. The lowest BCUT2D eigenvalue weighted by Crippen LogP contribution is -2.11. The Morgan fingerprint density at radius 1 is 0.842 bits per heavy atom. The van der Waals surface area contributed by atoms with Crippen LogP contribution in [-0.2, 0) is 6.54 Å². The molecule has 0 saturated heterocycles. The number of rotatable bonds is 6. The molecule has 0 saturated carbocycles. The Labute approximate surface area is 117 Å². The van der Waals surface area contributed by atoms with E-state index in [4.69, 9.17) is 26.8 Å². The molecular formula is C15H16ClNO2. The van der Waals surface area contributed by atoms with Crippen molar-refractivity contribution in [2.45, 2.75) is 6.54 Å². The highest BCUT2D eigenvalue weighted by atomic mass is 35.5. The van der Waals surface area contributed by atoms with Crippen LogP contribution in [0.3, 0.4) is 0 Å². The number of hydrogen-bond donors (Lipinski definition) is 1. The van der Waals surface area contributed by atoms with Gasteiger partial charge in [-0.2, -0.15) is 0 Å². The zero-order valence-corrected chi connectivity index (χ0v) is 11.3. The van der Waals surface area contributed by atoms with Gasteiger partial charge in [-0.3, -0.25) is 0 Å². The van der Waals surface area contributed by atoms with Crippen LogP contribution in [0.15, 0.2) is 48.5 Å². The molecule has 0 fully saturated rings. The van der Waals surface area contributed by atoms with Gasteiger partial charge in [-0.05, 0) is 18.2 Å². The van der Waals surface area contributed by atoms with Crippen molar-refractivity contribution in [2.24, 2.45) is 5.73 Å². The Bertz CT molecular complexity index is 531. The van der Waals surface area contributed by atoms with Crippen molar-refractivity contribution in [3.8, 4) is 11.5 Å². The maximum Gasteiger partial charge on any atom is 0.138 e. The highest BCUT2D eigenvalue weighted by Crippen LogP contribution is 2.23. The van der Waals surface area contributed by atoms with Gasteiger partial charge >= 0.3 is 0 Å². The summed E-state index contributed by atoms with van der Waals surface area (Å²) in [7, 11) is 0. The molecule has 100 valence electrons. The minimum Gasteiger partial charge on any atom is -0.490 e. The van der Waals surface area contributed by atoms with E-state index in [-0.39, 0.29) is 0 Å². The van der Waals surface area contributed by atoms with Crippen LogP contribution in [0.1, 0.15) is 5.56 Å². The smallest absolute Gasteiger partial charge is 0.138 e. The lowest BCUT2D eigenvalue weighted by Gasteiger charge is -2.11. The third kappa shape index (κ3) is 3.88. The van der Waals surface area contributed by atoms with E-state index >= 15 is 0 Å². The standard InChI is InChI=1S/C15H16ClNO2/c16-13-6-2-4-8-15(13)19-10-9-18-14-7-3-1-5-12(14)11-17/h1-8H,9-11,17H2. The molecule has 4 heteroatoms. The number of nitrogens with two attached hydrogens (primary N) is 1. The molecule has 0 aromatic heterocycles. The minimum absolute atomic E-state index is 0.433. The highest BCUT2D eigenvalue weighted by Gasteiger charge is 2.02. The molecule has 2 aromatic rings. The summed E-state index contributed by atoms with van der Waals surface area (Å²) < 4.78 is 11.2. The average molecular weight is 278 g/mol. The first kappa shape index (κ1) is 13.7. The van der Waals surface area contributed by atoms with Gasteiger partial charge < -0.3 is 15.2 Å². The molecule has 0 bridgehead atoms. The summed E-state index contributed by atoms with van der Waals surface area (Å²) in [6.45, 7) is 1.34. The van der Waals surface area contributed by atoms with Crippen LogP contribution in [0, 0.1) is 0 Å². The second-order valence-electron chi connectivity index (χ2n) is 3.94. The summed E-state index contributed by atoms with van der Waals surface area (Å²) in [5.74, 6) is 1.47. The van der Waals surface area contributed by atoms with Crippen LogP contribution in [0.4, 0.5) is 0 Å². The average Bonchev–Trinajstić information content (AvgIpc) is 2.45. The predicted octanol–water partition coefficient (Wildman–Crippen LogP) is 3.26. The van der Waals surface area contributed by atoms with Crippen LogP contribution in [0.25, 0.3) is 0 Å². The third-order valence-electron chi connectivity index (χ3n) is 2.63. The van der Waals surface area contributed by atoms with E-state index in [2.05, 4.69) is 0 Å². The van der Waals surface area contributed by atoms with Crippen LogP contribution < -0.4 is 15.2 Å². The van der Waals surface area contributed by atoms with Crippen molar-refractivity contribution in [2.75, 3.05) is 13.2 Å². The van der Waals surface area contributed by atoms with Crippen molar-refractivity contribution in [1.82, 2.24) is 0 Å². The molecule has 0 heterocycles. The van der Waals surface area contributed by atoms with Crippen molar-refractivity contribution >= 4 is 11.6 Å². The monoisotopic (exact) mass is 277 g/mol. The van der Waals surface area contributed by atoms with Gasteiger partial charge in [0, 0.05) is 12.1 Å². The van der Waals surface area contributed by atoms with E-state index < -0.39 is 0 Å². The maximum atomic E-state index is 5.99. The number of benzene rings is 2. The van der Waals surface area contributed by atoms with Crippen molar-refractivity contribution in [3.05, 3.63) is 59.1 Å². The summed E-state index contributed by atoms with van der Waals surface area (Å²) in [4.78, 5) is 0. The Morgan fingerprint density at radius 2 is 1.42 bits per heavy atom. The topological polar surface area (TPSA) is 44.5 Å². The molecule has 0 aliphatic carbocycles. The molecule has 0 aliphatic rings. The van der Waals surface area contributed by atoms with Crippen LogP contribution in [-0.4, -0.2) is 13.2 Å². The number of hydrogen-bond acceptors (Lipinski definition) is 3. The molecule has 19 heavy (non-hydrogen) atoms. The zero-order valence-electron chi connectivity index (χ0n) is 10.5. The first-order valence-corrected chi connectivity index (χ1v) is 6.47. The van der Waals surface area contributed by atoms with Gasteiger partial charge in [0.2, 0.25) is 0 Å². The minimum atomic E-state index is 0.433. The number of ether oxygens (including phenoxy) is 2. The van der Waals surface area contributed by atoms with Crippen LogP contribution >= 0.6 is 11.6 Å². The van der Waals surface area contributed by atoms with Gasteiger partial charge in [0.1, 0.15) is 24.7 Å². The molecule has 0 unspecified atom stereocenters. The first-order valence-electron chi connectivity index (χ1n) is 6.09. The van der Waals surface area contributed by atoms with E-state index in [1.807, 2.05) is 42.5 Å². The van der Waals surface area contributed by atoms with E-state index in [0.29, 0.717) is 30.5 Å². The number of halogens is 1. The van der Waals surface area contributed by atoms with Crippen LogP contribution in [0.2, 0.25) is 5.02 Å². The molecular weight excluding hydrogens is 262 g/mol. The van der Waals surface area contributed by atoms with E-state index in [1.54, 1.807) is 6.07 Å². The normalized spacial score (nSPS) is 10.2. The summed E-state index contributed by atoms with van der Waals surface area (Å²) in [5, 5.41) is 0.602. The van der Waals surface area contributed by atoms with E-state index in [0.717, 1.165) is 11.3 Å². The van der Waals surface area contributed by atoms with Crippen molar-refractivity contribution in [3.63, 3.8) is 0 Å². The Hall–Kier alpha value is -1.71. The van der Waals surface area contributed by atoms with Gasteiger partial charge in [-0.1, -0.05) is 41.9 Å². The Morgan fingerprint density at radius 3 is 2.11 bits per heavy atom. The SMILES string of the molecule is NCc1ccccc1OCCOc1ccccc1Cl. The third-order valence-corrected chi connectivity index (χ3v) is 2.94. The fourth-order valence-corrected chi connectivity index (χ4v) is 1.87. The van der Waals surface area contributed by atoms with Gasteiger partial charge in [-0.25, -0.2) is 0 Å². The van der Waals surface area contributed by atoms with Crippen molar-refractivity contribution < 1.29 is 9.47 Å². The molecule has 3 nitrogen and oxygen atoms in total. The molecule has 0 amide bonds. The zero-order chi connectivity index (χ0) is 13.5. The lowest BCUT2D eigenvalue weighted by atomic mass is 10.2.